The second-order valence-corrected chi connectivity index (χ2v) is 13.9. The number of furan rings is 1. The van der Waals surface area contributed by atoms with Crippen molar-refractivity contribution in [3.05, 3.63) is 188 Å². The summed E-state index contributed by atoms with van der Waals surface area (Å²) in [6.45, 7) is 0. The van der Waals surface area contributed by atoms with Gasteiger partial charge >= 0.3 is 0 Å². The molecule has 6 nitrogen and oxygen atoms in total. The zero-order valence-corrected chi connectivity index (χ0v) is 30.0. The molecule has 262 valence electrons. The molecule has 4 heterocycles. The fraction of sp³-hybridized carbons (Fsp3) is 0. The van der Waals surface area contributed by atoms with Crippen molar-refractivity contribution in [2.75, 3.05) is 0 Å². The molecule has 0 radical (unpaired) electrons. The van der Waals surface area contributed by atoms with Crippen molar-refractivity contribution in [2.45, 2.75) is 0 Å². The summed E-state index contributed by atoms with van der Waals surface area (Å²) in [7, 11) is 0. The number of hydrogen-bond acceptors (Lipinski definition) is 5. The van der Waals surface area contributed by atoms with Gasteiger partial charge in [0.05, 0.1) is 17.2 Å². The van der Waals surface area contributed by atoms with Crippen molar-refractivity contribution in [3.63, 3.8) is 0 Å². The average molecular weight is 718 g/mol. The lowest BCUT2D eigenvalue weighted by Crippen LogP contribution is -2.00. The Kier molecular flexibility index (Phi) is 7.38. The van der Waals surface area contributed by atoms with Crippen LogP contribution in [0.15, 0.2) is 193 Å². The van der Waals surface area contributed by atoms with E-state index in [4.69, 9.17) is 19.4 Å². The lowest BCUT2D eigenvalue weighted by molar-refractivity contribution is 0.667. The van der Waals surface area contributed by atoms with Crippen LogP contribution in [0.2, 0.25) is 0 Å². The van der Waals surface area contributed by atoms with Crippen molar-refractivity contribution in [3.8, 4) is 62.1 Å². The third kappa shape index (κ3) is 5.35. The quantitative estimate of drug-likeness (QED) is 0.171. The average Bonchev–Trinajstić information content (AvgIpc) is 3.83. The molecule has 0 amide bonds. The van der Waals surface area contributed by atoms with E-state index in [0.29, 0.717) is 17.5 Å². The summed E-state index contributed by atoms with van der Waals surface area (Å²) < 4.78 is 8.54. The first-order valence-electron chi connectivity index (χ1n) is 18.6. The van der Waals surface area contributed by atoms with Crippen molar-refractivity contribution >= 4 is 43.7 Å². The van der Waals surface area contributed by atoms with Crippen molar-refractivity contribution in [2.24, 2.45) is 0 Å². The number of aromatic nitrogens is 5. The molecule has 0 N–H and O–H groups in total. The molecule has 0 aliphatic rings. The van der Waals surface area contributed by atoms with Crippen molar-refractivity contribution < 1.29 is 4.42 Å². The van der Waals surface area contributed by atoms with Gasteiger partial charge in [0.15, 0.2) is 23.1 Å². The highest BCUT2D eigenvalue weighted by atomic mass is 16.3. The Labute approximate surface area is 322 Å². The second-order valence-electron chi connectivity index (χ2n) is 13.9. The molecule has 11 rings (SSSR count). The van der Waals surface area contributed by atoms with Gasteiger partial charge in [-0.15, -0.1) is 0 Å². The number of hydrogen-bond donors (Lipinski definition) is 0. The molecule has 4 aromatic heterocycles. The zero-order chi connectivity index (χ0) is 37.0. The van der Waals surface area contributed by atoms with E-state index in [-0.39, 0.29) is 0 Å². The first-order valence-corrected chi connectivity index (χ1v) is 18.6. The van der Waals surface area contributed by atoms with Gasteiger partial charge in [-0.25, -0.2) is 15.0 Å². The minimum Gasteiger partial charge on any atom is -0.454 e. The van der Waals surface area contributed by atoms with Gasteiger partial charge in [0, 0.05) is 50.1 Å². The predicted octanol–water partition coefficient (Wildman–Crippen LogP) is 12.6. The fourth-order valence-electron chi connectivity index (χ4n) is 7.91. The largest absolute Gasteiger partial charge is 0.454 e. The van der Waals surface area contributed by atoms with Crippen LogP contribution in [-0.4, -0.2) is 24.5 Å². The Hall–Kier alpha value is -7.70. The van der Waals surface area contributed by atoms with Gasteiger partial charge in [-0.05, 0) is 64.7 Å². The summed E-state index contributed by atoms with van der Waals surface area (Å²) in [6.07, 6.45) is 3.53. The Balaban J connectivity index is 1.02. The van der Waals surface area contributed by atoms with Crippen LogP contribution < -0.4 is 0 Å². The van der Waals surface area contributed by atoms with E-state index in [2.05, 4.69) is 155 Å². The second kappa shape index (κ2) is 13.0. The molecule has 0 saturated carbocycles. The Morgan fingerprint density at radius 1 is 0.393 bits per heavy atom. The molecule has 11 aromatic rings. The molecule has 0 aliphatic heterocycles. The third-order valence-electron chi connectivity index (χ3n) is 10.6. The number of fused-ring (bicyclic) bond motifs is 6. The monoisotopic (exact) mass is 717 g/mol. The van der Waals surface area contributed by atoms with Gasteiger partial charge in [0.2, 0.25) is 0 Å². The normalized spacial score (nSPS) is 11.6. The van der Waals surface area contributed by atoms with Gasteiger partial charge in [0.25, 0.3) is 0 Å². The maximum absolute atomic E-state index is 6.20. The number of benzene rings is 7. The summed E-state index contributed by atoms with van der Waals surface area (Å²) >= 11 is 0. The van der Waals surface area contributed by atoms with Crippen LogP contribution in [0.4, 0.5) is 0 Å². The summed E-state index contributed by atoms with van der Waals surface area (Å²) in [5.74, 6) is 1.76. The molecule has 0 unspecified atom stereocenters. The van der Waals surface area contributed by atoms with Crippen LogP contribution in [0.5, 0.6) is 0 Å². The number of pyridine rings is 1. The minimum absolute atomic E-state index is 0.572. The van der Waals surface area contributed by atoms with Crippen LogP contribution in [0.3, 0.4) is 0 Å². The van der Waals surface area contributed by atoms with Crippen LogP contribution in [0, 0.1) is 0 Å². The highest BCUT2D eigenvalue weighted by molar-refractivity contribution is 6.12. The molecule has 0 aliphatic carbocycles. The molecular weight excluding hydrogens is 687 g/mol. The highest BCUT2D eigenvalue weighted by Gasteiger charge is 2.19. The molecule has 6 heteroatoms. The van der Waals surface area contributed by atoms with Gasteiger partial charge in [-0.3, -0.25) is 4.98 Å². The number of nitrogens with zero attached hydrogens (tertiary/aromatic N) is 5. The van der Waals surface area contributed by atoms with Gasteiger partial charge in [0.1, 0.15) is 5.58 Å². The SMILES string of the molecule is c1ccc(-c2ccc(-c3nc(-c4cccc(-c5ccc(-n6c7ccccc7c7ccccc76)cc5)c4)nc(-c4cccc5oc6cnccc6c45)n3)cc2)cc1. The van der Waals surface area contributed by atoms with E-state index in [1.165, 1.54) is 21.8 Å². The van der Waals surface area contributed by atoms with Crippen LogP contribution in [0.25, 0.3) is 106 Å². The predicted molar refractivity (Wildman–Crippen MR) is 226 cm³/mol. The molecule has 0 atom stereocenters. The van der Waals surface area contributed by atoms with Crippen molar-refractivity contribution in [1.82, 2.24) is 24.5 Å². The maximum atomic E-state index is 6.20. The lowest BCUT2D eigenvalue weighted by atomic mass is 10.0. The van der Waals surface area contributed by atoms with E-state index < -0.39 is 0 Å². The summed E-state index contributed by atoms with van der Waals surface area (Å²) in [5.41, 5.74) is 12.1. The van der Waals surface area contributed by atoms with E-state index >= 15 is 0 Å². The van der Waals surface area contributed by atoms with Crippen LogP contribution in [-0.2, 0) is 0 Å². The van der Waals surface area contributed by atoms with E-state index in [0.717, 1.165) is 66.6 Å². The summed E-state index contributed by atoms with van der Waals surface area (Å²) in [5, 5.41) is 4.41. The first-order chi connectivity index (χ1) is 27.7. The maximum Gasteiger partial charge on any atom is 0.164 e. The third-order valence-corrected chi connectivity index (χ3v) is 10.6. The summed E-state index contributed by atoms with van der Waals surface area (Å²) in [4.78, 5) is 19.7. The molecule has 0 bridgehead atoms. The first kappa shape index (κ1) is 31.8. The highest BCUT2D eigenvalue weighted by Crippen LogP contribution is 2.37. The zero-order valence-electron chi connectivity index (χ0n) is 30.0. The number of rotatable bonds is 6. The lowest BCUT2D eigenvalue weighted by Gasteiger charge is -2.11. The van der Waals surface area contributed by atoms with Gasteiger partial charge in [-0.1, -0.05) is 133 Å². The topological polar surface area (TPSA) is 69.6 Å². The minimum atomic E-state index is 0.572. The Bertz CT molecular complexity index is 3180. The molecule has 0 saturated heterocycles. The molecule has 7 aromatic carbocycles. The van der Waals surface area contributed by atoms with Gasteiger partial charge < -0.3 is 8.98 Å². The molecular formula is C50H31N5O. The van der Waals surface area contributed by atoms with Crippen LogP contribution in [0.1, 0.15) is 0 Å². The molecule has 0 fully saturated rings. The van der Waals surface area contributed by atoms with Crippen molar-refractivity contribution in [1.29, 1.82) is 0 Å². The molecule has 0 spiro atoms. The van der Waals surface area contributed by atoms with E-state index in [9.17, 15) is 0 Å². The fourth-order valence-corrected chi connectivity index (χ4v) is 7.91. The Morgan fingerprint density at radius 2 is 0.964 bits per heavy atom. The smallest absolute Gasteiger partial charge is 0.164 e. The van der Waals surface area contributed by atoms with Crippen LogP contribution >= 0.6 is 0 Å². The standard InChI is InChI=1S/C50H31N5O/c1-2-10-32(11-3-1)33-20-22-35(23-21-33)48-52-49(54-50(53-48)42-16-9-19-45-47(42)41-28-29-51-31-46(41)56-45)37-13-8-12-36(30-37)34-24-26-38(27-25-34)55-43-17-6-4-14-39(43)40-15-5-7-18-44(40)55/h1-31H. The number of para-hydroxylation sites is 2. The van der Waals surface area contributed by atoms with E-state index in [1.807, 2.05) is 30.3 Å². The molecule has 56 heavy (non-hydrogen) atoms. The Morgan fingerprint density at radius 3 is 1.73 bits per heavy atom. The van der Waals surface area contributed by atoms with E-state index in [1.54, 1.807) is 12.4 Å². The van der Waals surface area contributed by atoms with Gasteiger partial charge in [-0.2, -0.15) is 0 Å². The summed E-state index contributed by atoms with van der Waals surface area (Å²) in [6, 6.07) is 61.2.